The molecule has 6 heteroatoms. The molecule has 2 atom stereocenters. The summed E-state index contributed by atoms with van der Waals surface area (Å²) >= 11 is 0. The molecule has 0 aliphatic carbocycles. The Morgan fingerprint density at radius 1 is 1.38 bits per heavy atom. The highest BCUT2D eigenvalue weighted by Crippen LogP contribution is 2.36. The van der Waals surface area contributed by atoms with Crippen LogP contribution in [-0.4, -0.2) is 45.7 Å². The topological polar surface area (TPSA) is 62.5 Å². The van der Waals surface area contributed by atoms with E-state index in [0.29, 0.717) is 17.8 Å². The lowest BCUT2D eigenvalue weighted by molar-refractivity contribution is 0.166. The first kappa shape index (κ1) is 9.62. The summed E-state index contributed by atoms with van der Waals surface area (Å²) in [4.78, 5) is 15.6. The number of piperidine rings is 1. The van der Waals surface area contributed by atoms with Crippen LogP contribution < -0.4 is 0 Å². The molecular weight excluding hydrogens is 208 g/mol. The molecule has 86 valence electrons. The predicted molar refractivity (Wildman–Crippen MR) is 54.7 cm³/mol. The smallest absolute Gasteiger partial charge is 0.320 e. The molecule has 0 N–H and O–H groups in total. The van der Waals surface area contributed by atoms with Gasteiger partial charge in [0.2, 0.25) is 11.8 Å². The fourth-order valence-corrected chi connectivity index (χ4v) is 2.54. The van der Waals surface area contributed by atoms with Crippen molar-refractivity contribution in [2.75, 3.05) is 13.6 Å². The fourth-order valence-electron chi connectivity index (χ4n) is 2.54. The minimum atomic E-state index is -0.0325. The summed E-state index contributed by atoms with van der Waals surface area (Å²) < 4.78 is 5.42. The van der Waals surface area contributed by atoms with E-state index in [1.807, 2.05) is 16.8 Å². The van der Waals surface area contributed by atoms with Gasteiger partial charge < -0.3 is 14.2 Å². The lowest BCUT2D eigenvalue weighted by Crippen LogP contribution is -2.34. The molecule has 0 aromatic carbocycles. The molecule has 2 saturated heterocycles. The monoisotopic (exact) mass is 222 g/mol. The van der Waals surface area contributed by atoms with Gasteiger partial charge in [0.05, 0.1) is 6.04 Å². The number of carbonyl (C=O) groups is 1. The van der Waals surface area contributed by atoms with Gasteiger partial charge >= 0.3 is 6.03 Å². The minimum absolute atomic E-state index is 0.0325. The van der Waals surface area contributed by atoms with E-state index in [2.05, 4.69) is 10.2 Å². The Balaban J connectivity index is 1.90. The van der Waals surface area contributed by atoms with E-state index >= 15 is 0 Å². The molecule has 2 fully saturated rings. The molecule has 0 radical (unpaired) electrons. The second-order valence-electron chi connectivity index (χ2n) is 4.45. The summed E-state index contributed by atoms with van der Waals surface area (Å²) in [5, 5.41) is 7.84. The molecule has 2 aliphatic rings. The lowest BCUT2D eigenvalue weighted by atomic mass is 10.0. The maximum atomic E-state index is 11.9. The van der Waals surface area contributed by atoms with Crippen molar-refractivity contribution in [1.82, 2.24) is 20.0 Å². The first-order chi connectivity index (χ1) is 7.66. The van der Waals surface area contributed by atoms with Crippen LogP contribution in [0.1, 0.15) is 30.7 Å². The number of rotatable bonds is 1. The Hall–Kier alpha value is -1.59. The number of urea groups is 1. The van der Waals surface area contributed by atoms with Crippen molar-refractivity contribution in [3.63, 3.8) is 0 Å². The molecule has 2 aliphatic heterocycles. The Bertz CT molecular complexity index is 430. The third kappa shape index (κ3) is 1.22. The van der Waals surface area contributed by atoms with Crippen molar-refractivity contribution in [3.8, 4) is 0 Å². The van der Waals surface area contributed by atoms with Gasteiger partial charge in [0.15, 0.2) is 0 Å². The molecule has 16 heavy (non-hydrogen) atoms. The molecule has 1 aromatic rings. The highest BCUT2D eigenvalue weighted by Gasteiger charge is 2.44. The normalized spacial score (nSPS) is 29.0. The van der Waals surface area contributed by atoms with E-state index in [9.17, 15) is 4.79 Å². The number of likely N-dealkylation sites (N-methyl/N-ethyl adjacent to an activating group) is 1. The Morgan fingerprint density at radius 3 is 2.88 bits per heavy atom. The molecule has 3 heterocycles. The first-order valence-electron chi connectivity index (χ1n) is 5.50. The largest absolute Gasteiger partial charge is 0.423 e. The van der Waals surface area contributed by atoms with E-state index < -0.39 is 0 Å². The molecule has 6 nitrogen and oxygen atoms in total. The zero-order valence-electron chi connectivity index (χ0n) is 9.38. The summed E-state index contributed by atoms with van der Waals surface area (Å²) in [6, 6.07) is 0.394. The lowest BCUT2D eigenvalue weighted by Gasteiger charge is -2.27. The van der Waals surface area contributed by atoms with Crippen molar-refractivity contribution in [2.24, 2.45) is 0 Å². The average Bonchev–Trinajstić information content (AvgIpc) is 2.80. The van der Waals surface area contributed by atoms with Gasteiger partial charge in [0.25, 0.3) is 0 Å². The zero-order chi connectivity index (χ0) is 11.3. The van der Waals surface area contributed by atoms with E-state index in [0.717, 1.165) is 19.4 Å². The number of aromatic nitrogens is 2. The second-order valence-corrected chi connectivity index (χ2v) is 4.45. The minimum Gasteiger partial charge on any atom is -0.423 e. The Morgan fingerprint density at radius 2 is 2.19 bits per heavy atom. The molecule has 0 spiro atoms. The van der Waals surface area contributed by atoms with Gasteiger partial charge in [-0.1, -0.05) is 0 Å². The number of carbonyl (C=O) groups excluding carboxylic acids is 1. The van der Waals surface area contributed by atoms with Gasteiger partial charge in [-0.3, -0.25) is 0 Å². The summed E-state index contributed by atoms with van der Waals surface area (Å²) in [6.45, 7) is 2.54. The van der Waals surface area contributed by atoms with Gasteiger partial charge in [-0.2, -0.15) is 0 Å². The SMILES string of the molecule is Cc1nnc([C@@H]2CC[C@@H]3CN2C(=O)N3C)o1. The third-order valence-electron chi connectivity index (χ3n) is 3.48. The van der Waals surface area contributed by atoms with Gasteiger partial charge in [-0.25, -0.2) is 4.79 Å². The summed E-state index contributed by atoms with van der Waals surface area (Å²) in [6.07, 6.45) is 1.91. The van der Waals surface area contributed by atoms with Crippen LogP contribution >= 0.6 is 0 Å². The number of amides is 2. The van der Waals surface area contributed by atoms with Crippen molar-refractivity contribution in [2.45, 2.75) is 31.8 Å². The summed E-state index contributed by atoms with van der Waals surface area (Å²) in [5.41, 5.74) is 0. The van der Waals surface area contributed by atoms with Crippen LogP contribution in [0.25, 0.3) is 0 Å². The maximum Gasteiger partial charge on any atom is 0.320 e. The van der Waals surface area contributed by atoms with Gasteiger partial charge in [0.1, 0.15) is 6.04 Å². The molecule has 3 rings (SSSR count). The van der Waals surface area contributed by atoms with Crippen LogP contribution in [0.4, 0.5) is 4.79 Å². The van der Waals surface area contributed by atoms with Crippen LogP contribution in [0.5, 0.6) is 0 Å². The highest BCUT2D eigenvalue weighted by molar-refractivity contribution is 5.77. The number of hydrogen-bond donors (Lipinski definition) is 0. The third-order valence-corrected chi connectivity index (χ3v) is 3.48. The number of fused-ring (bicyclic) bond motifs is 2. The van der Waals surface area contributed by atoms with Crippen LogP contribution in [0.15, 0.2) is 4.42 Å². The van der Waals surface area contributed by atoms with Crippen LogP contribution in [-0.2, 0) is 0 Å². The van der Waals surface area contributed by atoms with Gasteiger partial charge in [-0.05, 0) is 12.8 Å². The van der Waals surface area contributed by atoms with Crippen molar-refractivity contribution in [1.29, 1.82) is 0 Å². The van der Waals surface area contributed by atoms with Crippen molar-refractivity contribution in [3.05, 3.63) is 11.8 Å². The van der Waals surface area contributed by atoms with E-state index in [1.54, 1.807) is 6.92 Å². The van der Waals surface area contributed by atoms with E-state index in [-0.39, 0.29) is 12.1 Å². The molecule has 0 saturated carbocycles. The van der Waals surface area contributed by atoms with Crippen molar-refractivity contribution < 1.29 is 9.21 Å². The molecule has 2 amide bonds. The van der Waals surface area contributed by atoms with Crippen molar-refractivity contribution >= 4 is 6.03 Å². The molecule has 2 bridgehead atoms. The molecule has 0 unspecified atom stereocenters. The molecular formula is C10H14N4O2. The summed E-state index contributed by atoms with van der Waals surface area (Å²) in [7, 11) is 1.86. The van der Waals surface area contributed by atoms with Crippen LogP contribution in [0, 0.1) is 6.92 Å². The Kier molecular flexibility index (Phi) is 1.92. The van der Waals surface area contributed by atoms with E-state index in [4.69, 9.17) is 4.42 Å². The Labute approximate surface area is 93.2 Å². The predicted octanol–water partition coefficient (Wildman–Crippen LogP) is 0.949. The molecule has 1 aromatic heterocycles. The standard InChI is InChI=1S/C10H14N4O2/c1-6-11-12-9(16-6)8-4-3-7-5-14(8)10(15)13(7)2/h7-8H,3-5H2,1-2H3/t7-,8+/m1/s1. The number of aryl methyl sites for hydroxylation is 1. The first-order valence-corrected chi connectivity index (χ1v) is 5.50. The highest BCUT2D eigenvalue weighted by atomic mass is 16.4. The second kappa shape index (κ2) is 3.20. The maximum absolute atomic E-state index is 11.9. The van der Waals surface area contributed by atoms with Crippen LogP contribution in [0.2, 0.25) is 0 Å². The van der Waals surface area contributed by atoms with Gasteiger partial charge in [0, 0.05) is 20.5 Å². The fraction of sp³-hybridized carbons (Fsp3) is 0.700. The zero-order valence-corrected chi connectivity index (χ0v) is 9.38. The average molecular weight is 222 g/mol. The van der Waals surface area contributed by atoms with Gasteiger partial charge in [-0.15, -0.1) is 10.2 Å². The quantitative estimate of drug-likeness (QED) is 0.709. The number of nitrogens with zero attached hydrogens (tertiary/aromatic N) is 4. The number of hydrogen-bond acceptors (Lipinski definition) is 4. The van der Waals surface area contributed by atoms with Crippen LogP contribution in [0.3, 0.4) is 0 Å². The van der Waals surface area contributed by atoms with E-state index in [1.165, 1.54) is 0 Å². The summed E-state index contributed by atoms with van der Waals surface area (Å²) in [5.74, 6) is 1.12.